The van der Waals surface area contributed by atoms with Crippen LogP contribution in [0.25, 0.3) is 51.2 Å². The molecule has 0 atom stereocenters. The zero-order valence-electron chi connectivity index (χ0n) is 22.6. The van der Waals surface area contributed by atoms with E-state index in [9.17, 15) is 20.1 Å². The number of pyridine rings is 3. The Balaban J connectivity index is 1.47. The number of carbonyl (C=O) groups is 1. The molecule has 0 bridgehead atoms. The summed E-state index contributed by atoms with van der Waals surface area (Å²) in [6, 6.07) is 15.8. The first-order valence-corrected chi connectivity index (χ1v) is 13.0. The van der Waals surface area contributed by atoms with Gasteiger partial charge in [-0.05, 0) is 49.4 Å². The van der Waals surface area contributed by atoms with Crippen LogP contribution in [-0.2, 0) is 7.05 Å². The highest BCUT2D eigenvalue weighted by Crippen LogP contribution is 2.34. The Bertz CT molecular complexity index is 1930. The molecule has 42 heavy (non-hydrogen) atoms. The SMILES string of the molecule is Cc1ccc(-n2ccnc2-c2cc(C(O)O)ccn2)c(-c2cnc(-c3nc(-c4ccccn4)cn3C)cc2C(=O)O)c1. The fourth-order valence-corrected chi connectivity index (χ4v) is 4.80. The summed E-state index contributed by atoms with van der Waals surface area (Å²) in [5, 5.41) is 29.6. The predicted octanol–water partition coefficient (Wildman–Crippen LogP) is 4.45. The van der Waals surface area contributed by atoms with Crippen LogP contribution >= 0.6 is 0 Å². The molecule has 0 aliphatic heterocycles. The molecule has 1 aromatic carbocycles. The van der Waals surface area contributed by atoms with Gasteiger partial charge in [-0.15, -0.1) is 0 Å². The third kappa shape index (κ3) is 4.94. The molecule has 208 valence electrons. The molecule has 5 heterocycles. The number of aromatic nitrogens is 7. The van der Waals surface area contributed by atoms with Crippen LogP contribution in [-0.4, -0.2) is 55.3 Å². The van der Waals surface area contributed by atoms with Crippen molar-refractivity contribution in [3.05, 3.63) is 108 Å². The highest BCUT2D eigenvalue weighted by atomic mass is 16.5. The number of aliphatic hydroxyl groups excluding tert-OH is 1. The van der Waals surface area contributed by atoms with Gasteiger partial charge in [-0.2, -0.15) is 0 Å². The number of carboxylic acid groups (broad SMARTS) is 1. The summed E-state index contributed by atoms with van der Waals surface area (Å²) in [6.45, 7) is 1.92. The molecule has 0 spiro atoms. The second-order valence-electron chi connectivity index (χ2n) is 9.69. The topological polar surface area (TPSA) is 152 Å². The van der Waals surface area contributed by atoms with Gasteiger partial charge in [0.05, 0.1) is 16.9 Å². The van der Waals surface area contributed by atoms with Gasteiger partial charge in [-0.25, -0.2) is 14.8 Å². The van der Waals surface area contributed by atoms with Crippen molar-refractivity contribution in [2.75, 3.05) is 0 Å². The Morgan fingerprint density at radius 2 is 1.62 bits per heavy atom. The van der Waals surface area contributed by atoms with Crippen molar-refractivity contribution < 1.29 is 20.1 Å². The number of aliphatic hydroxyl groups is 2. The summed E-state index contributed by atoms with van der Waals surface area (Å²) in [4.78, 5) is 35.1. The van der Waals surface area contributed by atoms with E-state index in [-0.39, 0.29) is 11.1 Å². The molecule has 6 rings (SSSR count). The van der Waals surface area contributed by atoms with E-state index in [1.54, 1.807) is 40.0 Å². The Kier molecular flexibility index (Phi) is 6.87. The lowest BCUT2D eigenvalue weighted by Crippen LogP contribution is -2.06. The van der Waals surface area contributed by atoms with Crippen LogP contribution in [0.3, 0.4) is 0 Å². The molecule has 11 heteroatoms. The van der Waals surface area contributed by atoms with E-state index in [1.807, 2.05) is 56.6 Å². The lowest BCUT2D eigenvalue weighted by molar-refractivity contribution is -0.0425. The Labute approximate surface area is 240 Å². The second-order valence-corrected chi connectivity index (χ2v) is 9.69. The molecule has 6 aromatic rings. The Hall–Kier alpha value is -5.52. The van der Waals surface area contributed by atoms with Gasteiger partial charge in [-0.1, -0.05) is 17.7 Å². The van der Waals surface area contributed by atoms with E-state index in [0.29, 0.717) is 51.2 Å². The number of hydrogen-bond acceptors (Lipinski definition) is 8. The number of aromatic carboxylic acids is 1. The van der Waals surface area contributed by atoms with Crippen LogP contribution < -0.4 is 0 Å². The molecule has 0 saturated carbocycles. The minimum Gasteiger partial charge on any atom is -0.478 e. The normalized spacial score (nSPS) is 11.3. The number of nitrogens with zero attached hydrogens (tertiary/aromatic N) is 7. The highest BCUT2D eigenvalue weighted by Gasteiger charge is 2.22. The molecular formula is C31H25N7O4. The molecule has 3 N–H and O–H groups in total. The third-order valence-electron chi connectivity index (χ3n) is 6.82. The van der Waals surface area contributed by atoms with E-state index in [4.69, 9.17) is 0 Å². The van der Waals surface area contributed by atoms with Crippen LogP contribution in [0.2, 0.25) is 0 Å². The van der Waals surface area contributed by atoms with Crippen molar-refractivity contribution >= 4 is 5.97 Å². The highest BCUT2D eigenvalue weighted by molar-refractivity contribution is 5.98. The van der Waals surface area contributed by atoms with Gasteiger partial charge in [-0.3, -0.25) is 19.5 Å². The number of imidazole rings is 2. The Morgan fingerprint density at radius 3 is 2.38 bits per heavy atom. The maximum atomic E-state index is 12.6. The molecule has 0 radical (unpaired) electrons. The van der Waals surface area contributed by atoms with Crippen molar-refractivity contribution in [2.24, 2.45) is 7.05 Å². The largest absolute Gasteiger partial charge is 0.478 e. The fourth-order valence-electron chi connectivity index (χ4n) is 4.80. The number of hydrogen-bond donors (Lipinski definition) is 3. The zero-order valence-corrected chi connectivity index (χ0v) is 22.6. The number of carboxylic acids is 1. The van der Waals surface area contributed by atoms with Gasteiger partial charge in [0.2, 0.25) is 0 Å². The molecule has 11 nitrogen and oxygen atoms in total. The third-order valence-corrected chi connectivity index (χ3v) is 6.82. The number of rotatable bonds is 7. The van der Waals surface area contributed by atoms with Crippen LogP contribution in [0.15, 0.2) is 91.8 Å². The zero-order chi connectivity index (χ0) is 29.4. The summed E-state index contributed by atoms with van der Waals surface area (Å²) in [5.41, 5.74) is 5.10. The molecule has 0 unspecified atom stereocenters. The van der Waals surface area contributed by atoms with Crippen molar-refractivity contribution in [1.29, 1.82) is 0 Å². The lowest BCUT2D eigenvalue weighted by Gasteiger charge is -2.16. The average molecular weight is 560 g/mol. The molecule has 0 aliphatic rings. The summed E-state index contributed by atoms with van der Waals surface area (Å²) in [5.74, 6) is -0.167. The first kappa shape index (κ1) is 26.7. The van der Waals surface area contributed by atoms with Gasteiger partial charge in [0.15, 0.2) is 17.9 Å². The molecule has 5 aromatic heterocycles. The summed E-state index contributed by atoms with van der Waals surface area (Å²) >= 11 is 0. The van der Waals surface area contributed by atoms with E-state index in [0.717, 1.165) is 5.56 Å². The lowest BCUT2D eigenvalue weighted by atomic mass is 9.97. The number of aryl methyl sites for hydroxylation is 2. The molecule has 0 saturated heterocycles. The summed E-state index contributed by atoms with van der Waals surface area (Å²) in [7, 11) is 1.82. The monoisotopic (exact) mass is 559 g/mol. The van der Waals surface area contributed by atoms with E-state index >= 15 is 0 Å². The fraction of sp³-hybridized carbons (Fsp3) is 0.0968. The summed E-state index contributed by atoms with van der Waals surface area (Å²) in [6.07, 6.45) is 8.21. The van der Waals surface area contributed by atoms with Crippen molar-refractivity contribution in [3.63, 3.8) is 0 Å². The maximum Gasteiger partial charge on any atom is 0.336 e. The van der Waals surface area contributed by atoms with Crippen molar-refractivity contribution in [3.8, 4) is 51.2 Å². The van der Waals surface area contributed by atoms with E-state index < -0.39 is 12.3 Å². The smallest absolute Gasteiger partial charge is 0.336 e. The minimum atomic E-state index is -1.66. The predicted molar refractivity (Wildman–Crippen MR) is 154 cm³/mol. The maximum absolute atomic E-state index is 12.6. The second kappa shape index (κ2) is 10.8. The van der Waals surface area contributed by atoms with Gasteiger partial charge < -0.3 is 19.9 Å². The van der Waals surface area contributed by atoms with Gasteiger partial charge >= 0.3 is 5.97 Å². The van der Waals surface area contributed by atoms with Gasteiger partial charge in [0.25, 0.3) is 0 Å². The van der Waals surface area contributed by atoms with Crippen LogP contribution in [0.5, 0.6) is 0 Å². The van der Waals surface area contributed by atoms with Gasteiger partial charge in [0, 0.05) is 60.9 Å². The van der Waals surface area contributed by atoms with Crippen LogP contribution in [0.1, 0.15) is 27.8 Å². The summed E-state index contributed by atoms with van der Waals surface area (Å²) < 4.78 is 3.57. The molecule has 0 aliphatic carbocycles. The van der Waals surface area contributed by atoms with Crippen LogP contribution in [0, 0.1) is 6.92 Å². The van der Waals surface area contributed by atoms with Crippen molar-refractivity contribution in [1.82, 2.24) is 34.1 Å². The molecule has 0 fully saturated rings. The van der Waals surface area contributed by atoms with E-state index in [2.05, 4.69) is 24.9 Å². The first-order chi connectivity index (χ1) is 20.3. The quantitative estimate of drug-likeness (QED) is 0.241. The number of benzene rings is 1. The average Bonchev–Trinajstić information content (AvgIpc) is 3.64. The molecular weight excluding hydrogens is 534 g/mol. The first-order valence-electron chi connectivity index (χ1n) is 13.0. The van der Waals surface area contributed by atoms with Crippen LogP contribution in [0.4, 0.5) is 0 Å². The minimum absolute atomic E-state index is 0.0550. The standard InChI is InChI=1S/C31H25N7O4/c1-18-6-7-27(38-12-11-34-28(38)24-14-19(30(39)40)8-10-33-24)20(13-18)22-16-35-25(15-21(22)31(41)42)29-36-26(17-37(29)2)23-5-3-4-9-32-23/h3-17,30,39-40H,1-2H3,(H,41,42). The van der Waals surface area contributed by atoms with Gasteiger partial charge in [0.1, 0.15) is 17.1 Å². The van der Waals surface area contributed by atoms with Crippen molar-refractivity contribution in [2.45, 2.75) is 13.2 Å². The van der Waals surface area contributed by atoms with E-state index in [1.165, 1.54) is 18.3 Å². The molecule has 0 amide bonds. The Morgan fingerprint density at radius 1 is 0.810 bits per heavy atom.